The first-order valence-electron chi connectivity index (χ1n) is 13.0. The summed E-state index contributed by atoms with van der Waals surface area (Å²) in [6.45, 7) is 0.154. The molecule has 0 saturated carbocycles. The fourth-order valence-electron chi connectivity index (χ4n) is 4.38. The van der Waals surface area contributed by atoms with E-state index in [0.29, 0.717) is 11.1 Å². The van der Waals surface area contributed by atoms with E-state index in [9.17, 15) is 16.8 Å². The lowest BCUT2D eigenvalue weighted by Gasteiger charge is -2.21. The van der Waals surface area contributed by atoms with Gasteiger partial charge in [-0.05, 0) is 47.0 Å². The molecule has 4 aromatic carbocycles. The van der Waals surface area contributed by atoms with Crippen molar-refractivity contribution in [2.24, 2.45) is 0 Å². The van der Waals surface area contributed by atoms with Gasteiger partial charge in [-0.1, -0.05) is 48.5 Å². The van der Waals surface area contributed by atoms with E-state index in [1.165, 1.54) is 26.4 Å². The van der Waals surface area contributed by atoms with Gasteiger partial charge in [0.1, 0.15) is 12.4 Å². The lowest BCUT2D eigenvalue weighted by molar-refractivity contribution is 0.296. The SMILES string of the molecule is COc1cc(-c2ccc(N(C)C)cc2)c(OC)c(OS(C)(=O)=O)c1-c1ccc(OCc2ccccc2)c(OS(C)(=O)=O)c1. The zero-order valence-electron chi connectivity index (χ0n) is 24.7. The van der Waals surface area contributed by atoms with E-state index in [2.05, 4.69) is 0 Å². The van der Waals surface area contributed by atoms with Gasteiger partial charge < -0.3 is 27.5 Å². The highest BCUT2D eigenvalue weighted by Crippen LogP contribution is 2.51. The normalized spacial score (nSPS) is 11.5. The maximum absolute atomic E-state index is 12.5. The number of hydrogen-bond acceptors (Lipinski definition) is 10. The topological polar surface area (TPSA) is 118 Å². The molecule has 0 N–H and O–H groups in total. The van der Waals surface area contributed by atoms with Crippen molar-refractivity contribution in [1.29, 1.82) is 0 Å². The summed E-state index contributed by atoms with van der Waals surface area (Å²) < 4.78 is 77.5. The van der Waals surface area contributed by atoms with Gasteiger partial charge in [-0.3, -0.25) is 0 Å². The fourth-order valence-corrected chi connectivity index (χ4v) is 5.30. The molecule has 0 amide bonds. The minimum Gasteiger partial charge on any atom is -0.496 e. The second-order valence-corrected chi connectivity index (χ2v) is 13.0. The summed E-state index contributed by atoms with van der Waals surface area (Å²) in [5, 5.41) is 0. The zero-order valence-corrected chi connectivity index (χ0v) is 26.3. The van der Waals surface area contributed by atoms with Gasteiger partial charge >= 0.3 is 20.2 Å². The van der Waals surface area contributed by atoms with Gasteiger partial charge in [-0.25, -0.2) is 0 Å². The van der Waals surface area contributed by atoms with Crippen LogP contribution in [0.4, 0.5) is 5.69 Å². The fraction of sp³-hybridized carbons (Fsp3) is 0.226. The Morgan fingerprint density at radius 2 is 1.28 bits per heavy atom. The van der Waals surface area contributed by atoms with Crippen molar-refractivity contribution in [1.82, 2.24) is 0 Å². The standard InChI is InChI=1S/C31H33NO9S2/c1-32(2)24-15-12-22(13-16-24)25-19-28(37-3)29(31(30(25)38-4)41-43(6,35)36)23-14-17-26(27(18-23)40-42(5,33)34)39-20-21-10-8-7-9-11-21/h7-19H,20H2,1-6H3. The Morgan fingerprint density at radius 1 is 0.651 bits per heavy atom. The van der Waals surface area contributed by atoms with Gasteiger partial charge in [0.05, 0.1) is 32.3 Å². The summed E-state index contributed by atoms with van der Waals surface area (Å²) in [4.78, 5) is 1.95. The smallest absolute Gasteiger partial charge is 0.306 e. The Balaban J connectivity index is 1.92. The lowest BCUT2D eigenvalue weighted by atomic mass is 9.96. The van der Waals surface area contributed by atoms with E-state index < -0.39 is 20.2 Å². The molecule has 0 heterocycles. The summed E-state index contributed by atoms with van der Waals surface area (Å²) >= 11 is 0. The molecule has 0 bridgehead atoms. The monoisotopic (exact) mass is 627 g/mol. The molecular weight excluding hydrogens is 594 g/mol. The number of methoxy groups -OCH3 is 2. The van der Waals surface area contributed by atoms with Crippen LogP contribution in [0.1, 0.15) is 5.56 Å². The van der Waals surface area contributed by atoms with Gasteiger partial charge in [0.15, 0.2) is 23.0 Å². The minimum absolute atomic E-state index is 0.106. The largest absolute Gasteiger partial charge is 0.496 e. The number of nitrogens with zero attached hydrogens (tertiary/aromatic N) is 1. The van der Waals surface area contributed by atoms with E-state index in [4.69, 9.17) is 22.6 Å². The Morgan fingerprint density at radius 3 is 1.84 bits per heavy atom. The summed E-state index contributed by atoms with van der Waals surface area (Å²) in [6, 6.07) is 23.2. The Bertz CT molecular complexity index is 1800. The minimum atomic E-state index is -4.06. The molecule has 43 heavy (non-hydrogen) atoms. The van der Waals surface area contributed by atoms with Gasteiger partial charge in [0.25, 0.3) is 0 Å². The van der Waals surface area contributed by atoms with Crippen LogP contribution in [0.25, 0.3) is 22.3 Å². The zero-order chi connectivity index (χ0) is 31.4. The average Bonchev–Trinajstić information content (AvgIpc) is 2.95. The summed E-state index contributed by atoms with van der Waals surface area (Å²) in [5.41, 5.74) is 3.59. The molecule has 4 aromatic rings. The van der Waals surface area contributed by atoms with Gasteiger partial charge in [0.2, 0.25) is 0 Å². The Kier molecular flexibility index (Phi) is 9.41. The van der Waals surface area contributed by atoms with Crippen molar-refractivity contribution in [2.75, 3.05) is 45.7 Å². The van der Waals surface area contributed by atoms with E-state index >= 15 is 0 Å². The first kappa shape index (κ1) is 31.5. The molecule has 0 spiro atoms. The second-order valence-electron chi connectivity index (χ2n) is 9.82. The van der Waals surface area contributed by atoms with Gasteiger partial charge in [-0.15, -0.1) is 0 Å². The summed E-state index contributed by atoms with van der Waals surface area (Å²) in [5.74, 6) is 0.292. The third-order valence-corrected chi connectivity index (χ3v) is 7.22. The third-order valence-electron chi connectivity index (χ3n) is 6.26. The molecule has 0 radical (unpaired) electrons. The van der Waals surface area contributed by atoms with Crippen molar-refractivity contribution >= 4 is 25.9 Å². The van der Waals surface area contributed by atoms with Crippen LogP contribution in [0.2, 0.25) is 0 Å². The number of ether oxygens (including phenoxy) is 3. The molecule has 0 aliphatic carbocycles. The predicted molar refractivity (Wildman–Crippen MR) is 166 cm³/mol. The lowest BCUT2D eigenvalue weighted by Crippen LogP contribution is -2.10. The molecule has 228 valence electrons. The molecule has 10 nitrogen and oxygen atoms in total. The molecule has 0 atom stereocenters. The highest BCUT2D eigenvalue weighted by molar-refractivity contribution is 7.86. The van der Waals surface area contributed by atoms with Crippen molar-refractivity contribution < 1.29 is 39.4 Å². The number of benzene rings is 4. The Hall–Kier alpha value is -4.42. The summed E-state index contributed by atoms with van der Waals surface area (Å²) in [6.07, 6.45) is 1.83. The highest BCUT2D eigenvalue weighted by atomic mass is 32.2. The van der Waals surface area contributed by atoms with Gasteiger partial charge in [0, 0.05) is 25.3 Å². The highest BCUT2D eigenvalue weighted by Gasteiger charge is 2.27. The van der Waals surface area contributed by atoms with Crippen LogP contribution in [-0.4, -0.2) is 57.7 Å². The van der Waals surface area contributed by atoms with Crippen molar-refractivity contribution in [3.8, 4) is 51.0 Å². The number of hydrogen-bond donors (Lipinski definition) is 0. The van der Waals surface area contributed by atoms with Crippen molar-refractivity contribution in [3.63, 3.8) is 0 Å². The van der Waals surface area contributed by atoms with Crippen LogP contribution in [0, 0.1) is 0 Å². The van der Waals surface area contributed by atoms with E-state index in [1.54, 1.807) is 12.1 Å². The predicted octanol–water partition coefficient (Wildman–Crippen LogP) is 5.36. The Labute approximate surface area is 252 Å². The number of anilines is 1. The molecule has 0 fully saturated rings. The first-order valence-corrected chi connectivity index (χ1v) is 16.6. The quantitative estimate of drug-likeness (QED) is 0.190. The molecule has 12 heteroatoms. The van der Waals surface area contributed by atoms with E-state index in [1.807, 2.05) is 73.6 Å². The summed E-state index contributed by atoms with van der Waals surface area (Å²) in [7, 11) is -1.36. The molecular formula is C31H33NO9S2. The first-order chi connectivity index (χ1) is 20.3. The van der Waals surface area contributed by atoms with Crippen molar-refractivity contribution in [3.05, 3.63) is 84.4 Å². The maximum atomic E-state index is 12.5. The second kappa shape index (κ2) is 12.8. The molecule has 0 aliphatic rings. The van der Waals surface area contributed by atoms with Crippen LogP contribution in [0.5, 0.6) is 28.7 Å². The van der Waals surface area contributed by atoms with Crippen LogP contribution in [0.3, 0.4) is 0 Å². The molecule has 4 rings (SSSR count). The van der Waals surface area contributed by atoms with Crippen LogP contribution >= 0.6 is 0 Å². The maximum Gasteiger partial charge on any atom is 0.306 e. The molecule has 0 aromatic heterocycles. The third kappa shape index (κ3) is 7.90. The molecule has 0 unspecified atom stereocenters. The average molecular weight is 628 g/mol. The van der Waals surface area contributed by atoms with Crippen LogP contribution < -0.4 is 27.5 Å². The van der Waals surface area contributed by atoms with Crippen LogP contribution in [-0.2, 0) is 26.8 Å². The van der Waals surface area contributed by atoms with Crippen molar-refractivity contribution in [2.45, 2.75) is 6.61 Å². The number of rotatable bonds is 12. The van der Waals surface area contributed by atoms with E-state index in [0.717, 1.165) is 29.3 Å². The molecule has 0 saturated heterocycles. The molecule has 0 aliphatic heterocycles. The van der Waals surface area contributed by atoms with Crippen LogP contribution in [0.15, 0.2) is 78.9 Å². The van der Waals surface area contributed by atoms with E-state index in [-0.39, 0.29) is 40.9 Å². The van der Waals surface area contributed by atoms with Gasteiger partial charge in [-0.2, -0.15) is 16.8 Å².